The lowest BCUT2D eigenvalue weighted by Crippen LogP contribution is -1.98. The van der Waals surface area contributed by atoms with Crippen molar-refractivity contribution in [3.05, 3.63) is 54.4 Å². The van der Waals surface area contributed by atoms with Crippen molar-refractivity contribution in [2.75, 3.05) is 12.9 Å². The number of rotatable bonds is 6. The van der Waals surface area contributed by atoms with Crippen LogP contribution in [0.1, 0.15) is 5.69 Å². The van der Waals surface area contributed by atoms with Gasteiger partial charge < -0.3 is 9.30 Å². The van der Waals surface area contributed by atoms with Gasteiger partial charge in [-0.25, -0.2) is 0 Å². The molecule has 2 aromatic heterocycles. The number of para-hydroxylation sites is 1. The van der Waals surface area contributed by atoms with E-state index in [2.05, 4.69) is 15.2 Å². The molecular formula is C17H18N4OS. The third kappa shape index (κ3) is 3.53. The van der Waals surface area contributed by atoms with Crippen LogP contribution in [0.15, 0.2) is 53.8 Å². The van der Waals surface area contributed by atoms with Crippen molar-refractivity contribution < 1.29 is 4.74 Å². The van der Waals surface area contributed by atoms with Crippen molar-refractivity contribution in [1.82, 2.24) is 19.7 Å². The van der Waals surface area contributed by atoms with Crippen molar-refractivity contribution in [2.45, 2.75) is 11.6 Å². The van der Waals surface area contributed by atoms with Crippen LogP contribution in [-0.4, -0.2) is 32.6 Å². The van der Waals surface area contributed by atoms with E-state index in [1.807, 2.05) is 60.3 Å². The Hall–Kier alpha value is -2.34. The monoisotopic (exact) mass is 326 g/mol. The highest BCUT2D eigenvalue weighted by Crippen LogP contribution is 2.30. The van der Waals surface area contributed by atoms with E-state index in [0.717, 1.165) is 40.2 Å². The molecule has 0 aliphatic heterocycles. The summed E-state index contributed by atoms with van der Waals surface area (Å²) < 4.78 is 7.41. The third-order valence-corrected chi connectivity index (χ3v) is 4.52. The maximum absolute atomic E-state index is 5.41. The minimum Gasteiger partial charge on any atom is -0.496 e. The molecule has 0 fully saturated rings. The Morgan fingerprint density at radius 1 is 1.09 bits per heavy atom. The molecule has 0 amide bonds. The Morgan fingerprint density at radius 3 is 2.70 bits per heavy atom. The first kappa shape index (κ1) is 15.6. The molecule has 0 bridgehead atoms. The molecule has 118 valence electrons. The molecule has 3 aromatic rings. The molecule has 2 heterocycles. The second-order valence-electron chi connectivity index (χ2n) is 4.99. The van der Waals surface area contributed by atoms with Crippen LogP contribution in [0, 0.1) is 0 Å². The summed E-state index contributed by atoms with van der Waals surface area (Å²) in [6.45, 7) is 0. The summed E-state index contributed by atoms with van der Waals surface area (Å²) in [6, 6.07) is 13.8. The van der Waals surface area contributed by atoms with Gasteiger partial charge in [0.25, 0.3) is 0 Å². The number of methoxy groups -OCH3 is 1. The van der Waals surface area contributed by atoms with E-state index in [1.54, 1.807) is 18.9 Å². The molecule has 23 heavy (non-hydrogen) atoms. The molecule has 0 aliphatic carbocycles. The van der Waals surface area contributed by atoms with Gasteiger partial charge in [0.1, 0.15) is 5.75 Å². The number of thioether (sulfide) groups is 1. The average Bonchev–Trinajstić information content (AvgIpc) is 2.96. The van der Waals surface area contributed by atoms with Crippen LogP contribution >= 0.6 is 11.8 Å². The lowest BCUT2D eigenvalue weighted by atomic mass is 10.2. The zero-order valence-electron chi connectivity index (χ0n) is 13.1. The quantitative estimate of drug-likeness (QED) is 0.651. The van der Waals surface area contributed by atoms with Crippen LogP contribution in [-0.2, 0) is 13.5 Å². The Bertz CT molecular complexity index is 773. The summed E-state index contributed by atoms with van der Waals surface area (Å²) in [5.74, 6) is 2.52. The Morgan fingerprint density at radius 2 is 1.91 bits per heavy atom. The van der Waals surface area contributed by atoms with E-state index in [-0.39, 0.29) is 0 Å². The van der Waals surface area contributed by atoms with Crippen molar-refractivity contribution in [3.63, 3.8) is 0 Å². The van der Waals surface area contributed by atoms with Crippen LogP contribution in [0.25, 0.3) is 11.4 Å². The molecule has 0 spiro atoms. The van der Waals surface area contributed by atoms with Crippen LogP contribution in [0.4, 0.5) is 0 Å². The normalized spacial score (nSPS) is 10.7. The molecule has 0 unspecified atom stereocenters. The molecular weight excluding hydrogens is 308 g/mol. The molecule has 3 rings (SSSR count). The second-order valence-corrected chi connectivity index (χ2v) is 6.05. The first-order chi connectivity index (χ1) is 11.3. The Kier molecular flexibility index (Phi) is 4.92. The first-order valence-electron chi connectivity index (χ1n) is 7.35. The summed E-state index contributed by atoms with van der Waals surface area (Å²) in [6.07, 6.45) is 2.73. The SMILES string of the molecule is COc1ccccc1-c1nnc(SCCc2ccccn2)n1C. The first-order valence-corrected chi connectivity index (χ1v) is 8.33. The number of aryl methyl sites for hydroxylation is 1. The molecule has 0 atom stereocenters. The molecule has 6 heteroatoms. The molecule has 1 aromatic carbocycles. The molecule has 0 saturated heterocycles. The summed E-state index contributed by atoms with van der Waals surface area (Å²) >= 11 is 1.68. The Labute approximate surface area is 139 Å². The topological polar surface area (TPSA) is 52.8 Å². The number of aromatic nitrogens is 4. The Balaban J connectivity index is 1.72. The minimum absolute atomic E-state index is 0.799. The predicted octanol–water partition coefficient (Wildman–Crippen LogP) is 3.22. The highest BCUT2D eigenvalue weighted by Gasteiger charge is 2.14. The minimum atomic E-state index is 0.799. The van der Waals surface area contributed by atoms with Gasteiger partial charge in [0.15, 0.2) is 11.0 Å². The fourth-order valence-corrected chi connectivity index (χ4v) is 3.17. The van der Waals surface area contributed by atoms with Gasteiger partial charge in [-0.3, -0.25) is 4.98 Å². The number of pyridine rings is 1. The third-order valence-electron chi connectivity index (χ3n) is 3.50. The zero-order valence-corrected chi connectivity index (χ0v) is 14.0. The predicted molar refractivity (Wildman–Crippen MR) is 91.7 cm³/mol. The maximum atomic E-state index is 5.41. The number of hydrogen-bond acceptors (Lipinski definition) is 5. The highest BCUT2D eigenvalue weighted by atomic mass is 32.2. The molecule has 0 aliphatic rings. The fraction of sp³-hybridized carbons (Fsp3) is 0.235. The van der Waals surface area contributed by atoms with E-state index < -0.39 is 0 Å². The van der Waals surface area contributed by atoms with Gasteiger partial charge in [-0.1, -0.05) is 30.0 Å². The lowest BCUT2D eigenvalue weighted by Gasteiger charge is -2.08. The van der Waals surface area contributed by atoms with Crippen LogP contribution in [0.2, 0.25) is 0 Å². The van der Waals surface area contributed by atoms with Gasteiger partial charge in [0.2, 0.25) is 0 Å². The molecule has 5 nitrogen and oxygen atoms in total. The number of nitrogens with zero attached hydrogens (tertiary/aromatic N) is 4. The number of benzene rings is 1. The van der Waals surface area contributed by atoms with Crippen LogP contribution < -0.4 is 4.74 Å². The maximum Gasteiger partial charge on any atom is 0.191 e. The standard InChI is InChI=1S/C17H18N4OS/c1-21-16(14-8-3-4-9-15(14)22-2)19-20-17(21)23-12-10-13-7-5-6-11-18-13/h3-9,11H,10,12H2,1-2H3. The van der Waals surface area contributed by atoms with Crippen LogP contribution in [0.5, 0.6) is 5.75 Å². The average molecular weight is 326 g/mol. The van der Waals surface area contributed by atoms with Crippen molar-refractivity contribution >= 4 is 11.8 Å². The van der Waals surface area contributed by atoms with E-state index in [0.29, 0.717) is 0 Å². The van der Waals surface area contributed by atoms with Crippen molar-refractivity contribution in [2.24, 2.45) is 7.05 Å². The van der Waals surface area contributed by atoms with Gasteiger partial charge >= 0.3 is 0 Å². The largest absolute Gasteiger partial charge is 0.496 e. The number of hydrogen-bond donors (Lipinski definition) is 0. The molecule has 0 radical (unpaired) electrons. The van der Waals surface area contributed by atoms with Crippen molar-refractivity contribution in [1.29, 1.82) is 0 Å². The van der Waals surface area contributed by atoms with Gasteiger partial charge in [-0.15, -0.1) is 10.2 Å². The summed E-state index contributed by atoms with van der Waals surface area (Å²) in [4.78, 5) is 4.34. The zero-order chi connectivity index (χ0) is 16.1. The lowest BCUT2D eigenvalue weighted by molar-refractivity contribution is 0.416. The van der Waals surface area contributed by atoms with Crippen molar-refractivity contribution in [3.8, 4) is 17.1 Å². The summed E-state index contributed by atoms with van der Waals surface area (Å²) in [7, 11) is 3.64. The summed E-state index contributed by atoms with van der Waals surface area (Å²) in [5.41, 5.74) is 2.04. The molecule has 0 saturated carbocycles. The second kappa shape index (κ2) is 7.28. The van der Waals surface area contributed by atoms with E-state index in [9.17, 15) is 0 Å². The highest BCUT2D eigenvalue weighted by molar-refractivity contribution is 7.99. The fourth-order valence-electron chi connectivity index (χ4n) is 2.30. The van der Waals surface area contributed by atoms with E-state index in [1.165, 1.54) is 0 Å². The smallest absolute Gasteiger partial charge is 0.191 e. The van der Waals surface area contributed by atoms with Gasteiger partial charge in [-0.05, 0) is 30.7 Å². The van der Waals surface area contributed by atoms with Gasteiger partial charge in [0.05, 0.1) is 12.7 Å². The number of ether oxygens (including phenoxy) is 1. The molecule has 0 N–H and O–H groups in total. The van der Waals surface area contributed by atoms with Crippen LogP contribution in [0.3, 0.4) is 0 Å². The van der Waals surface area contributed by atoms with Gasteiger partial charge in [-0.2, -0.15) is 0 Å². The summed E-state index contributed by atoms with van der Waals surface area (Å²) in [5, 5.41) is 9.51. The van der Waals surface area contributed by atoms with E-state index in [4.69, 9.17) is 4.74 Å². The van der Waals surface area contributed by atoms with Gasteiger partial charge in [0, 0.05) is 24.7 Å². The van der Waals surface area contributed by atoms with E-state index >= 15 is 0 Å².